The Kier molecular flexibility index (Phi) is 1.48. The second-order valence-corrected chi connectivity index (χ2v) is 3.38. The number of rotatable bonds is 1. The second-order valence-electron chi connectivity index (χ2n) is 3.38. The summed E-state index contributed by atoms with van der Waals surface area (Å²) in [5.74, 6) is 1.08. The molecule has 0 aliphatic heterocycles. The van der Waals surface area contributed by atoms with E-state index in [9.17, 15) is 4.79 Å². The summed E-state index contributed by atoms with van der Waals surface area (Å²) in [4.78, 5) is 11.1. The summed E-state index contributed by atoms with van der Waals surface area (Å²) in [7, 11) is 1.45. The van der Waals surface area contributed by atoms with Gasteiger partial charge in [-0.05, 0) is 31.1 Å². The number of methoxy groups -OCH3 is 1. The standard InChI is InChI=1S/C9H12O2/c1-11-9(10)8-5-6-2-3-7(8)4-6/h5-7H,2-4H2,1H3/t6-,7?/m1/s1. The Morgan fingerprint density at radius 2 is 2.45 bits per heavy atom. The number of carbonyl (C=O) groups excluding carboxylic acids is 1. The van der Waals surface area contributed by atoms with E-state index in [-0.39, 0.29) is 5.97 Å². The fraction of sp³-hybridized carbons (Fsp3) is 0.667. The Hall–Kier alpha value is -0.790. The van der Waals surface area contributed by atoms with Crippen molar-refractivity contribution in [2.24, 2.45) is 11.8 Å². The Balaban J connectivity index is 2.16. The molecule has 0 aromatic carbocycles. The molecule has 0 aromatic heterocycles. The maximum Gasteiger partial charge on any atom is 0.333 e. The molecule has 2 atom stereocenters. The van der Waals surface area contributed by atoms with Gasteiger partial charge in [0, 0.05) is 5.57 Å². The van der Waals surface area contributed by atoms with Gasteiger partial charge >= 0.3 is 5.97 Å². The third kappa shape index (κ3) is 0.971. The number of carbonyl (C=O) groups is 1. The van der Waals surface area contributed by atoms with Gasteiger partial charge in [-0.15, -0.1) is 0 Å². The minimum Gasteiger partial charge on any atom is -0.466 e. The molecule has 2 heteroatoms. The van der Waals surface area contributed by atoms with E-state index >= 15 is 0 Å². The Bertz CT molecular complexity index is 218. The van der Waals surface area contributed by atoms with Crippen LogP contribution in [-0.4, -0.2) is 13.1 Å². The van der Waals surface area contributed by atoms with Crippen LogP contribution in [0.15, 0.2) is 11.6 Å². The summed E-state index contributed by atoms with van der Waals surface area (Å²) in [6.45, 7) is 0. The van der Waals surface area contributed by atoms with Crippen molar-refractivity contribution in [3.8, 4) is 0 Å². The lowest BCUT2D eigenvalue weighted by atomic mass is 9.99. The molecule has 2 rings (SSSR count). The van der Waals surface area contributed by atoms with Gasteiger partial charge in [-0.3, -0.25) is 0 Å². The maximum absolute atomic E-state index is 11.1. The molecule has 1 saturated carbocycles. The molecule has 11 heavy (non-hydrogen) atoms. The van der Waals surface area contributed by atoms with E-state index in [0.717, 1.165) is 5.57 Å². The normalized spacial score (nSPS) is 33.7. The molecular weight excluding hydrogens is 140 g/mol. The average Bonchev–Trinajstić information content (AvgIpc) is 2.62. The lowest BCUT2D eigenvalue weighted by Gasteiger charge is -2.09. The van der Waals surface area contributed by atoms with E-state index in [1.807, 2.05) is 0 Å². The van der Waals surface area contributed by atoms with Crippen LogP contribution in [0.4, 0.5) is 0 Å². The number of allylic oxidation sites excluding steroid dienone is 1. The van der Waals surface area contributed by atoms with Crippen LogP contribution in [0, 0.1) is 11.8 Å². The highest BCUT2D eigenvalue weighted by Gasteiger charge is 2.36. The van der Waals surface area contributed by atoms with Crippen LogP contribution in [0.1, 0.15) is 19.3 Å². The Morgan fingerprint density at radius 1 is 1.64 bits per heavy atom. The van der Waals surface area contributed by atoms with Gasteiger partial charge < -0.3 is 4.74 Å². The topological polar surface area (TPSA) is 26.3 Å². The highest BCUT2D eigenvalue weighted by Crippen LogP contribution is 2.43. The molecule has 0 heterocycles. The molecule has 0 saturated heterocycles. The first-order valence-electron chi connectivity index (χ1n) is 4.11. The van der Waals surface area contributed by atoms with Gasteiger partial charge in [0.25, 0.3) is 0 Å². The van der Waals surface area contributed by atoms with Crippen LogP contribution < -0.4 is 0 Å². The zero-order valence-electron chi connectivity index (χ0n) is 6.67. The summed E-state index contributed by atoms with van der Waals surface area (Å²) in [5.41, 5.74) is 0.934. The van der Waals surface area contributed by atoms with Crippen LogP contribution in [0.25, 0.3) is 0 Å². The van der Waals surface area contributed by atoms with Crippen LogP contribution >= 0.6 is 0 Å². The minimum atomic E-state index is -0.114. The van der Waals surface area contributed by atoms with Gasteiger partial charge in [0.05, 0.1) is 7.11 Å². The molecule has 0 radical (unpaired) electrons. The summed E-state index contributed by atoms with van der Waals surface area (Å²) < 4.78 is 4.68. The van der Waals surface area contributed by atoms with Crippen molar-refractivity contribution in [1.29, 1.82) is 0 Å². The summed E-state index contributed by atoms with van der Waals surface area (Å²) >= 11 is 0. The third-order valence-electron chi connectivity index (χ3n) is 2.75. The van der Waals surface area contributed by atoms with Gasteiger partial charge in [-0.1, -0.05) is 6.08 Å². The smallest absolute Gasteiger partial charge is 0.333 e. The highest BCUT2D eigenvalue weighted by atomic mass is 16.5. The molecule has 60 valence electrons. The van der Waals surface area contributed by atoms with Gasteiger partial charge in [-0.25, -0.2) is 4.79 Å². The second kappa shape index (κ2) is 2.36. The van der Waals surface area contributed by atoms with Gasteiger partial charge in [0.2, 0.25) is 0 Å². The monoisotopic (exact) mass is 152 g/mol. The number of esters is 1. The summed E-state index contributed by atoms with van der Waals surface area (Å²) in [6.07, 6.45) is 5.74. The molecule has 2 bridgehead atoms. The molecule has 2 nitrogen and oxygen atoms in total. The molecular formula is C9H12O2. The van der Waals surface area contributed by atoms with E-state index in [2.05, 4.69) is 10.8 Å². The Morgan fingerprint density at radius 3 is 2.91 bits per heavy atom. The third-order valence-corrected chi connectivity index (χ3v) is 2.75. The Labute approximate surface area is 66.2 Å². The predicted molar refractivity (Wildman–Crippen MR) is 40.9 cm³/mol. The van der Waals surface area contributed by atoms with Crippen LogP contribution in [0.2, 0.25) is 0 Å². The molecule has 0 amide bonds. The van der Waals surface area contributed by atoms with Gasteiger partial charge in [-0.2, -0.15) is 0 Å². The van der Waals surface area contributed by atoms with Crippen LogP contribution in [0.5, 0.6) is 0 Å². The molecule has 0 aromatic rings. The highest BCUT2D eigenvalue weighted by molar-refractivity contribution is 5.89. The fourth-order valence-corrected chi connectivity index (χ4v) is 2.19. The molecule has 2 aliphatic carbocycles. The lowest BCUT2D eigenvalue weighted by molar-refractivity contribution is -0.136. The predicted octanol–water partition coefficient (Wildman–Crippen LogP) is 1.52. The van der Waals surface area contributed by atoms with Crippen molar-refractivity contribution in [2.45, 2.75) is 19.3 Å². The minimum absolute atomic E-state index is 0.114. The first kappa shape index (κ1) is 6.89. The molecule has 0 N–H and O–H groups in total. The van der Waals surface area contributed by atoms with Crippen molar-refractivity contribution in [1.82, 2.24) is 0 Å². The molecule has 2 aliphatic rings. The van der Waals surface area contributed by atoms with E-state index in [1.54, 1.807) is 0 Å². The maximum atomic E-state index is 11.1. The fourth-order valence-electron chi connectivity index (χ4n) is 2.19. The SMILES string of the molecule is COC(=O)C1=C[C@@H]2CCC1C2. The largest absolute Gasteiger partial charge is 0.466 e. The summed E-state index contributed by atoms with van der Waals surface area (Å²) in [6, 6.07) is 0. The number of hydrogen-bond donors (Lipinski definition) is 0. The molecule has 1 fully saturated rings. The van der Waals surface area contributed by atoms with E-state index in [1.165, 1.54) is 26.4 Å². The van der Waals surface area contributed by atoms with Crippen molar-refractivity contribution < 1.29 is 9.53 Å². The molecule has 1 unspecified atom stereocenters. The number of fused-ring (bicyclic) bond motifs is 2. The average molecular weight is 152 g/mol. The first-order valence-corrected chi connectivity index (χ1v) is 4.11. The van der Waals surface area contributed by atoms with Crippen molar-refractivity contribution >= 4 is 5.97 Å². The van der Waals surface area contributed by atoms with Crippen LogP contribution in [0.3, 0.4) is 0 Å². The first-order chi connectivity index (χ1) is 5.31. The van der Waals surface area contributed by atoms with Crippen LogP contribution in [-0.2, 0) is 9.53 Å². The lowest BCUT2D eigenvalue weighted by Crippen LogP contribution is -2.10. The van der Waals surface area contributed by atoms with Crippen molar-refractivity contribution in [2.75, 3.05) is 7.11 Å². The van der Waals surface area contributed by atoms with Gasteiger partial charge in [0.15, 0.2) is 0 Å². The number of hydrogen-bond acceptors (Lipinski definition) is 2. The summed E-state index contributed by atoms with van der Waals surface area (Å²) in [5, 5.41) is 0. The number of ether oxygens (including phenoxy) is 1. The molecule has 0 spiro atoms. The van der Waals surface area contributed by atoms with Gasteiger partial charge in [0.1, 0.15) is 0 Å². The zero-order valence-corrected chi connectivity index (χ0v) is 6.67. The van der Waals surface area contributed by atoms with E-state index < -0.39 is 0 Å². The van der Waals surface area contributed by atoms with Crippen molar-refractivity contribution in [3.63, 3.8) is 0 Å². The zero-order chi connectivity index (χ0) is 7.84. The quantitative estimate of drug-likeness (QED) is 0.532. The van der Waals surface area contributed by atoms with E-state index in [0.29, 0.717) is 11.8 Å². The van der Waals surface area contributed by atoms with Crippen molar-refractivity contribution in [3.05, 3.63) is 11.6 Å². The van der Waals surface area contributed by atoms with E-state index in [4.69, 9.17) is 0 Å².